The molecule has 0 bridgehead atoms. The highest BCUT2D eigenvalue weighted by atomic mass is 35.5. The van der Waals surface area contributed by atoms with E-state index in [1.807, 2.05) is 11.6 Å². The SMILES string of the molecule is CCCC1CNCCN1Cc1c(Cl)c(C)nn1CC. The lowest BCUT2D eigenvalue weighted by atomic mass is 10.1. The molecule has 0 amide bonds. The second-order valence-corrected chi connectivity index (χ2v) is 5.66. The quantitative estimate of drug-likeness (QED) is 0.902. The molecule has 1 saturated heterocycles. The topological polar surface area (TPSA) is 33.1 Å². The van der Waals surface area contributed by atoms with Gasteiger partial charge in [0.05, 0.1) is 16.4 Å². The van der Waals surface area contributed by atoms with Crippen LogP contribution in [-0.4, -0.2) is 40.4 Å². The number of hydrogen-bond acceptors (Lipinski definition) is 3. The van der Waals surface area contributed by atoms with Crippen LogP contribution >= 0.6 is 11.6 Å². The third kappa shape index (κ3) is 3.30. The summed E-state index contributed by atoms with van der Waals surface area (Å²) < 4.78 is 2.04. The molecule has 108 valence electrons. The Balaban J connectivity index is 2.14. The van der Waals surface area contributed by atoms with Crippen molar-refractivity contribution in [2.45, 2.75) is 52.7 Å². The van der Waals surface area contributed by atoms with Gasteiger partial charge in [0.1, 0.15) is 0 Å². The van der Waals surface area contributed by atoms with Gasteiger partial charge in [0, 0.05) is 38.8 Å². The summed E-state index contributed by atoms with van der Waals surface area (Å²) in [7, 11) is 0. The largest absolute Gasteiger partial charge is 0.314 e. The van der Waals surface area contributed by atoms with Gasteiger partial charge in [-0.2, -0.15) is 5.10 Å². The summed E-state index contributed by atoms with van der Waals surface area (Å²) in [6.07, 6.45) is 2.46. The minimum absolute atomic E-state index is 0.621. The molecular weight excluding hydrogens is 260 g/mol. The van der Waals surface area contributed by atoms with Crippen molar-refractivity contribution in [3.63, 3.8) is 0 Å². The molecule has 4 nitrogen and oxygen atoms in total. The molecule has 1 aromatic rings. The van der Waals surface area contributed by atoms with Gasteiger partial charge in [-0.05, 0) is 20.3 Å². The van der Waals surface area contributed by atoms with Crippen LogP contribution in [0.3, 0.4) is 0 Å². The molecule has 19 heavy (non-hydrogen) atoms. The smallest absolute Gasteiger partial charge is 0.0860 e. The molecule has 1 atom stereocenters. The summed E-state index contributed by atoms with van der Waals surface area (Å²) in [5.41, 5.74) is 2.12. The number of nitrogens with one attached hydrogen (secondary N) is 1. The highest BCUT2D eigenvalue weighted by molar-refractivity contribution is 6.31. The molecule has 1 aromatic heterocycles. The molecule has 0 aromatic carbocycles. The summed E-state index contributed by atoms with van der Waals surface area (Å²) in [6, 6.07) is 0.621. The van der Waals surface area contributed by atoms with Crippen molar-refractivity contribution in [3.8, 4) is 0 Å². The Hall–Kier alpha value is -0.580. The number of rotatable bonds is 5. The first kappa shape index (κ1) is 14.8. The van der Waals surface area contributed by atoms with Crippen LogP contribution in [0.2, 0.25) is 5.02 Å². The summed E-state index contributed by atoms with van der Waals surface area (Å²) in [5.74, 6) is 0. The Morgan fingerprint density at radius 2 is 2.21 bits per heavy atom. The van der Waals surface area contributed by atoms with Crippen molar-refractivity contribution in [2.75, 3.05) is 19.6 Å². The summed E-state index contributed by atoms with van der Waals surface area (Å²) in [4.78, 5) is 2.55. The van der Waals surface area contributed by atoms with Crippen LogP contribution in [0.1, 0.15) is 38.1 Å². The molecule has 5 heteroatoms. The van der Waals surface area contributed by atoms with Crippen LogP contribution < -0.4 is 5.32 Å². The van der Waals surface area contributed by atoms with Gasteiger partial charge in [0.25, 0.3) is 0 Å². The predicted molar refractivity (Wildman–Crippen MR) is 79.6 cm³/mol. The third-order valence-corrected chi connectivity index (χ3v) is 4.39. The molecule has 2 rings (SSSR count). The first-order valence-electron chi connectivity index (χ1n) is 7.33. The monoisotopic (exact) mass is 284 g/mol. The number of piperazine rings is 1. The van der Waals surface area contributed by atoms with Crippen LogP contribution in [0.15, 0.2) is 0 Å². The van der Waals surface area contributed by atoms with Crippen LogP contribution in [0, 0.1) is 6.92 Å². The molecule has 1 aliphatic heterocycles. The number of hydrogen-bond donors (Lipinski definition) is 1. The number of nitrogens with zero attached hydrogens (tertiary/aromatic N) is 3. The number of aromatic nitrogens is 2. The van der Waals surface area contributed by atoms with Gasteiger partial charge < -0.3 is 5.32 Å². The minimum Gasteiger partial charge on any atom is -0.314 e. The fourth-order valence-corrected chi connectivity index (χ4v) is 3.04. The predicted octanol–water partition coefficient (Wildman–Crippen LogP) is 2.44. The van der Waals surface area contributed by atoms with Gasteiger partial charge in [0.2, 0.25) is 0 Å². The molecule has 0 aliphatic carbocycles. The minimum atomic E-state index is 0.621. The summed E-state index contributed by atoms with van der Waals surface area (Å²) >= 11 is 6.41. The zero-order chi connectivity index (χ0) is 13.8. The molecule has 0 saturated carbocycles. The normalized spacial score (nSPS) is 20.9. The zero-order valence-corrected chi connectivity index (χ0v) is 13.0. The average Bonchev–Trinajstić information content (AvgIpc) is 2.69. The molecule has 1 fully saturated rings. The Morgan fingerprint density at radius 1 is 1.42 bits per heavy atom. The standard InChI is InChI=1S/C14H25ClN4/c1-4-6-12-9-16-7-8-18(12)10-13-14(15)11(3)17-19(13)5-2/h12,16H,4-10H2,1-3H3. The Morgan fingerprint density at radius 3 is 2.89 bits per heavy atom. The van der Waals surface area contributed by atoms with E-state index in [2.05, 4.69) is 29.2 Å². The summed E-state index contributed by atoms with van der Waals surface area (Å²) in [6.45, 7) is 11.4. The van der Waals surface area contributed by atoms with Crippen LogP contribution in [0.5, 0.6) is 0 Å². The second kappa shape index (κ2) is 6.73. The van der Waals surface area contributed by atoms with Gasteiger partial charge in [-0.15, -0.1) is 0 Å². The van der Waals surface area contributed by atoms with E-state index < -0.39 is 0 Å². The van der Waals surface area contributed by atoms with Crippen molar-refractivity contribution in [1.29, 1.82) is 0 Å². The highest BCUT2D eigenvalue weighted by Crippen LogP contribution is 2.23. The summed E-state index contributed by atoms with van der Waals surface area (Å²) in [5, 5.41) is 8.84. The maximum Gasteiger partial charge on any atom is 0.0860 e. The molecular formula is C14H25ClN4. The van der Waals surface area contributed by atoms with Crippen LogP contribution in [0.4, 0.5) is 0 Å². The van der Waals surface area contributed by atoms with E-state index in [-0.39, 0.29) is 0 Å². The van der Waals surface area contributed by atoms with E-state index in [0.29, 0.717) is 6.04 Å². The molecule has 0 radical (unpaired) electrons. The lowest BCUT2D eigenvalue weighted by Gasteiger charge is -2.36. The Labute approximate surface area is 121 Å². The van der Waals surface area contributed by atoms with E-state index in [4.69, 9.17) is 11.6 Å². The van der Waals surface area contributed by atoms with Gasteiger partial charge in [0.15, 0.2) is 0 Å². The van der Waals surface area contributed by atoms with Crippen molar-refractivity contribution < 1.29 is 0 Å². The maximum absolute atomic E-state index is 6.41. The van der Waals surface area contributed by atoms with Crippen molar-refractivity contribution in [2.24, 2.45) is 0 Å². The Bertz CT molecular complexity index is 414. The van der Waals surface area contributed by atoms with Gasteiger partial charge in [-0.1, -0.05) is 24.9 Å². The van der Waals surface area contributed by atoms with Gasteiger partial charge in [-0.3, -0.25) is 9.58 Å². The second-order valence-electron chi connectivity index (χ2n) is 5.28. The first-order chi connectivity index (χ1) is 9.17. The lowest BCUT2D eigenvalue weighted by molar-refractivity contribution is 0.140. The van der Waals surface area contributed by atoms with Gasteiger partial charge in [-0.25, -0.2) is 0 Å². The fourth-order valence-electron chi connectivity index (χ4n) is 2.84. The van der Waals surface area contributed by atoms with Gasteiger partial charge >= 0.3 is 0 Å². The molecule has 1 unspecified atom stereocenters. The molecule has 1 N–H and O–H groups in total. The fraction of sp³-hybridized carbons (Fsp3) is 0.786. The zero-order valence-electron chi connectivity index (χ0n) is 12.2. The van der Waals surface area contributed by atoms with Crippen LogP contribution in [0.25, 0.3) is 0 Å². The van der Waals surface area contributed by atoms with E-state index in [9.17, 15) is 0 Å². The lowest BCUT2D eigenvalue weighted by Crippen LogP contribution is -2.50. The maximum atomic E-state index is 6.41. The highest BCUT2D eigenvalue weighted by Gasteiger charge is 2.24. The van der Waals surface area contributed by atoms with Crippen molar-refractivity contribution in [1.82, 2.24) is 20.0 Å². The van der Waals surface area contributed by atoms with Crippen molar-refractivity contribution >= 4 is 11.6 Å². The average molecular weight is 285 g/mol. The number of aryl methyl sites for hydroxylation is 2. The molecule has 2 heterocycles. The third-order valence-electron chi connectivity index (χ3n) is 3.90. The first-order valence-corrected chi connectivity index (χ1v) is 7.71. The molecule has 1 aliphatic rings. The Kier molecular flexibility index (Phi) is 5.25. The molecule has 0 spiro atoms. The van der Waals surface area contributed by atoms with E-state index in [1.165, 1.54) is 18.5 Å². The number of halogens is 1. The van der Waals surface area contributed by atoms with Crippen LogP contribution in [-0.2, 0) is 13.1 Å². The van der Waals surface area contributed by atoms with E-state index >= 15 is 0 Å². The van der Waals surface area contributed by atoms with Crippen molar-refractivity contribution in [3.05, 3.63) is 16.4 Å². The van der Waals surface area contributed by atoms with E-state index in [0.717, 1.165) is 43.4 Å². The van der Waals surface area contributed by atoms with E-state index in [1.54, 1.807) is 0 Å².